The summed E-state index contributed by atoms with van der Waals surface area (Å²) in [6.07, 6.45) is 4.96. The van der Waals surface area contributed by atoms with Crippen LogP contribution in [0.3, 0.4) is 0 Å². The van der Waals surface area contributed by atoms with Crippen molar-refractivity contribution in [3.8, 4) is 0 Å². The fraction of sp³-hybridized carbons (Fsp3) is 0.913. The van der Waals surface area contributed by atoms with E-state index in [4.69, 9.17) is 9.47 Å². The number of esters is 2. The van der Waals surface area contributed by atoms with Crippen molar-refractivity contribution in [2.45, 2.75) is 103 Å². The first-order valence-electron chi connectivity index (χ1n) is 11.5. The molecule has 0 spiro atoms. The third-order valence-corrected chi connectivity index (χ3v) is 7.61. The van der Waals surface area contributed by atoms with Gasteiger partial charge in [0.15, 0.2) is 0 Å². The van der Waals surface area contributed by atoms with Gasteiger partial charge in [-0.2, -0.15) is 0 Å². The zero-order valence-corrected chi connectivity index (χ0v) is 18.1. The van der Waals surface area contributed by atoms with E-state index in [9.17, 15) is 19.8 Å². The second-order valence-electron chi connectivity index (χ2n) is 9.75. The topological polar surface area (TPSA) is 93.1 Å². The monoisotopic (exact) mass is 410 g/mol. The lowest BCUT2D eigenvalue weighted by atomic mass is 9.59. The van der Waals surface area contributed by atoms with Crippen molar-refractivity contribution in [1.82, 2.24) is 0 Å². The summed E-state index contributed by atoms with van der Waals surface area (Å²) in [5.41, 5.74) is 0. The van der Waals surface area contributed by atoms with E-state index >= 15 is 0 Å². The van der Waals surface area contributed by atoms with Gasteiger partial charge in [0, 0.05) is 18.8 Å². The van der Waals surface area contributed by atoms with E-state index in [0.29, 0.717) is 30.6 Å². The minimum atomic E-state index is -0.605. The highest BCUT2D eigenvalue weighted by molar-refractivity contribution is 5.72. The second-order valence-corrected chi connectivity index (χ2v) is 9.75. The highest BCUT2D eigenvalue weighted by atomic mass is 16.6. The van der Waals surface area contributed by atoms with Crippen molar-refractivity contribution >= 4 is 11.9 Å². The molecule has 3 aliphatic rings. The molecule has 3 fully saturated rings. The number of fused-ring (bicyclic) bond motifs is 1. The Morgan fingerprint density at radius 2 is 1.93 bits per heavy atom. The Morgan fingerprint density at radius 3 is 2.62 bits per heavy atom. The maximum Gasteiger partial charge on any atom is 0.308 e. The molecule has 0 aromatic carbocycles. The van der Waals surface area contributed by atoms with Gasteiger partial charge in [0.25, 0.3) is 0 Å². The van der Waals surface area contributed by atoms with Crippen molar-refractivity contribution in [1.29, 1.82) is 0 Å². The van der Waals surface area contributed by atoms with E-state index in [0.717, 1.165) is 38.5 Å². The minimum absolute atomic E-state index is 0.0898. The molecule has 0 radical (unpaired) electrons. The number of hydrogen-bond acceptors (Lipinski definition) is 6. The molecule has 1 unspecified atom stereocenters. The van der Waals surface area contributed by atoms with Crippen molar-refractivity contribution in [2.24, 2.45) is 29.6 Å². The summed E-state index contributed by atoms with van der Waals surface area (Å²) in [6.45, 7) is 6.14. The number of ether oxygens (including phenoxy) is 2. The van der Waals surface area contributed by atoms with E-state index < -0.39 is 12.2 Å². The predicted octanol–water partition coefficient (Wildman–Crippen LogP) is 3.22. The van der Waals surface area contributed by atoms with Crippen molar-refractivity contribution < 1.29 is 29.3 Å². The Balaban J connectivity index is 1.70. The average Bonchev–Trinajstić information content (AvgIpc) is 2.65. The van der Waals surface area contributed by atoms with Gasteiger partial charge < -0.3 is 19.7 Å². The van der Waals surface area contributed by atoms with Crippen molar-refractivity contribution in [3.05, 3.63) is 0 Å². The van der Waals surface area contributed by atoms with E-state index in [1.165, 1.54) is 0 Å². The molecule has 2 saturated carbocycles. The quantitative estimate of drug-likeness (QED) is 0.653. The van der Waals surface area contributed by atoms with Crippen LogP contribution >= 0.6 is 0 Å². The Hall–Kier alpha value is -1.14. The first-order valence-corrected chi connectivity index (χ1v) is 11.5. The van der Waals surface area contributed by atoms with Crippen LogP contribution in [-0.2, 0) is 19.1 Å². The minimum Gasteiger partial charge on any atom is -0.462 e. The molecule has 166 valence electrons. The fourth-order valence-corrected chi connectivity index (χ4v) is 5.79. The van der Waals surface area contributed by atoms with Gasteiger partial charge in [-0.05, 0) is 49.9 Å². The Labute approximate surface area is 174 Å². The summed E-state index contributed by atoms with van der Waals surface area (Å²) in [7, 11) is 0. The van der Waals surface area contributed by atoms with Crippen LogP contribution in [0.15, 0.2) is 0 Å². The third-order valence-electron chi connectivity index (χ3n) is 7.61. The molecule has 0 amide bonds. The highest BCUT2D eigenvalue weighted by Crippen LogP contribution is 2.49. The number of rotatable bonds is 6. The normalized spacial score (nSPS) is 41.2. The van der Waals surface area contributed by atoms with Gasteiger partial charge in [-0.3, -0.25) is 9.59 Å². The van der Waals surface area contributed by atoms with Crippen LogP contribution in [0, 0.1) is 29.6 Å². The van der Waals surface area contributed by atoms with Gasteiger partial charge in [-0.15, -0.1) is 0 Å². The van der Waals surface area contributed by atoms with Crippen LogP contribution in [0.1, 0.15) is 78.6 Å². The average molecular weight is 411 g/mol. The zero-order chi connectivity index (χ0) is 21.1. The maximum absolute atomic E-state index is 12.5. The summed E-state index contributed by atoms with van der Waals surface area (Å²) >= 11 is 0. The number of aliphatic hydroxyl groups is 2. The van der Waals surface area contributed by atoms with Crippen LogP contribution in [0.4, 0.5) is 0 Å². The third kappa shape index (κ3) is 5.52. The lowest BCUT2D eigenvalue weighted by Gasteiger charge is -2.49. The van der Waals surface area contributed by atoms with E-state index in [2.05, 4.69) is 6.92 Å². The Bertz CT molecular complexity index is 578. The number of carbonyl (C=O) groups excluding carboxylic acids is 2. The molecule has 9 atom stereocenters. The smallest absolute Gasteiger partial charge is 0.308 e. The summed E-state index contributed by atoms with van der Waals surface area (Å²) in [5.74, 6) is 0.883. The summed E-state index contributed by atoms with van der Waals surface area (Å²) in [6, 6.07) is 0. The molecule has 1 aliphatic heterocycles. The summed E-state index contributed by atoms with van der Waals surface area (Å²) in [5, 5.41) is 20.3. The van der Waals surface area contributed by atoms with Gasteiger partial charge >= 0.3 is 11.9 Å². The second kappa shape index (κ2) is 9.78. The number of aliphatic hydroxyl groups excluding tert-OH is 2. The number of cyclic esters (lactones) is 1. The molecule has 0 aromatic rings. The lowest BCUT2D eigenvalue weighted by Crippen LogP contribution is -2.49. The predicted molar refractivity (Wildman–Crippen MR) is 108 cm³/mol. The summed E-state index contributed by atoms with van der Waals surface area (Å²) < 4.78 is 11.4. The van der Waals surface area contributed by atoms with Gasteiger partial charge in [-0.25, -0.2) is 0 Å². The molecule has 1 saturated heterocycles. The van der Waals surface area contributed by atoms with Gasteiger partial charge in [0.05, 0.1) is 24.5 Å². The van der Waals surface area contributed by atoms with Gasteiger partial charge in [0.1, 0.15) is 12.2 Å². The molecular formula is C23H38O6. The SMILES string of the molecule is CC[C@H](C)C(=O)O[C@H]1C[C@@H](O)CC2CC[C@H](C)[C@H](CC[C@@H]3C[C@@H](O)CC(=O)O3)[C@H]21. The van der Waals surface area contributed by atoms with Gasteiger partial charge in [-0.1, -0.05) is 27.2 Å². The van der Waals surface area contributed by atoms with E-state index in [-0.39, 0.29) is 42.4 Å². The number of carbonyl (C=O) groups is 2. The zero-order valence-electron chi connectivity index (χ0n) is 18.1. The molecule has 0 bridgehead atoms. The number of hydrogen-bond donors (Lipinski definition) is 2. The fourth-order valence-electron chi connectivity index (χ4n) is 5.79. The summed E-state index contributed by atoms with van der Waals surface area (Å²) in [4.78, 5) is 24.2. The van der Waals surface area contributed by atoms with Crippen LogP contribution < -0.4 is 0 Å². The molecule has 1 heterocycles. The Kier molecular flexibility index (Phi) is 7.60. The maximum atomic E-state index is 12.5. The first kappa shape index (κ1) is 22.5. The molecule has 3 rings (SSSR count). The van der Waals surface area contributed by atoms with E-state index in [1.54, 1.807) is 0 Å². The van der Waals surface area contributed by atoms with Crippen molar-refractivity contribution in [2.75, 3.05) is 0 Å². The molecule has 2 aliphatic carbocycles. The molecule has 2 N–H and O–H groups in total. The first-order chi connectivity index (χ1) is 13.8. The molecule has 6 heteroatoms. The van der Waals surface area contributed by atoms with Crippen LogP contribution in [0.2, 0.25) is 0 Å². The van der Waals surface area contributed by atoms with Crippen LogP contribution in [0.25, 0.3) is 0 Å². The van der Waals surface area contributed by atoms with Gasteiger partial charge in [0.2, 0.25) is 0 Å². The molecular weight excluding hydrogens is 372 g/mol. The molecule has 6 nitrogen and oxygen atoms in total. The van der Waals surface area contributed by atoms with E-state index in [1.807, 2.05) is 13.8 Å². The van der Waals surface area contributed by atoms with Crippen LogP contribution in [-0.4, -0.2) is 46.6 Å². The molecule has 29 heavy (non-hydrogen) atoms. The van der Waals surface area contributed by atoms with Crippen LogP contribution in [0.5, 0.6) is 0 Å². The largest absolute Gasteiger partial charge is 0.462 e. The standard InChI is InChI=1S/C23H38O6/c1-4-13(2)23(27)29-20-11-16(24)9-15-6-5-14(3)19(22(15)20)8-7-18-10-17(25)12-21(26)28-18/h13-20,22,24-25H,4-12H2,1-3H3/t13-,14-,15?,16-,17+,18+,19-,20-,22-/m0/s1. The molecule has 0 aromatic heterocycles. The lowest BCUT2D eigenvalue weighted by molar-refractivity contribution is -0.171. The highest BCUT2D eigenvalue weighted by Gasteiger charge is 2.47. The van der Waals surface area contributed by atoms with Crippen molar-refractivity contribution in [3.63, 3.8) is 0 Å². The Morgan fingerprint density at radius 1 is 1.17 bits per heavy atom.